The molecule has 1 aliphatic heterocycles. The first-order valence-electron chi connectivity index (χ1n) is 8.75. The van der Waals surface area contributed by atoms with Gasteiger partial charge in [-0.25, -0.2) is 14.2 Å². The molecule has 0 saturated carbocycles. The van der Waals surface area contributed by atoms with Gasteiger partial charge < -0.3 is 20.4 Å². The van der Waals surface area contributed by atoms with Crippen molar-refractivity contribution >= 4 is 11.8 Å². The normalized spacial score (nSPS) is 14.9. The summed E-state index contributed by atoms with van der Waals surface area (Å²) in [6, 6.07) is 9.96. The molecule has 0 atom stereocenters. The van der Waals surface area contributed by atoms with E-state index in [0.29, 0.717) is 12.1 Å². The van der Waals surface area contributed by atoms with Crippen LogP contribution >= 0.6 is 0 Å². The molecule has 26 heavy (non-hydrogen) atoms. The zero-order chi connectivity index (χ0) is 18.4. The van der Waals surface area contributed by atoms with Crippen molar-refractivity contribution in [2.45, 2.75) is 13.1 Å². The fourth-order valence-corrected chi connectivity index (χ4v) is 2.84. The highest BCUT2D eigenvalue weighted by molar-refractivity contribution is 5.73. The summed E-state index contributed by atoms with van der Waals surface area (Å²) in [5.74, 6) is 0.614. The molecule has 1 fully saturated rings. The van der Waals surface area contributed by atoms with E-state index < -0.39 is 0 Å². The number of benzene rings is 1. The van der Waals surface area contributed by atoms with E-state index in [-0.39, 0.29) is 18.4 Å². The first kappa shape index (κ1) is 18.1. The first-order valence-corrected chi connectivity index (χ1v) is 8.75. The number of rotatable bonds is 5. The average Bonchev–Trinajstić information content (AvgIpc) is 2.66. The van der Waals surface area contributed by atoms with E-state index in [9.17, 15) is 9.18 Å². The lowest BCUT2D eigenvalue weighted by atomic mass is 10.2. The summed E-state index contributed by atoms with van der Waals surface area (Å²) in [5.41, 5.74) is 1.44. The SMILES string of the molecule is CN1CCN(c2cc(CNC(=O)NCc3ccccc3F)ccn2)CC1. The van der Waals surface area contributed by atoms with Gasteiger partial charge in [-0.15, -0.1) is 0 Å². The first-order chi connectivity index (χ1) is 12.6. The molecule has 1 aromatic heterocycles. The third-order valence-corrected chi connectivity index (χ3v) is 4.49. The lowest BCUT2D eigenvalue weighted by molar-refractivity contribution is 0.240. The van der Waals surface area contributed by atoms with Crippen LogP contribution in [0.5, 0.6) is 0 Å². The van der Waals surface area contributed by atoms with E-state index in [1.54, 1.807) is 24.4 Å². The van der Waals surface area contributed by atoms with Gasteiger partial charge in [0.2, 0.25) is 0 Å². The van der Waals surface area contributed by atoms with Gasteiger partial charge in [-0.05, 0) is 30.8 Å². The van der Waals surface area contributed by atoms with E-state index in [1.807, 2.05) is 12.1 Å². The second-order valence-corrected chi connectivity index (χ2v) is 6.44. The summed E-state index contributed by atoms with van der Waals surface area (Å²) < 4.78 is 13.5. The molecule has 0 bridgehead atoms. The van der Waals surface area contributed by atoms with Crippen molar-refractivity contribution in [1.82, 2.24) is 20.5 Å². The van der Waals surface area contributed by atoms with E-state index in [4.69, 9.17) is 0 Å². The fourth-order valence-electron chi connectivity index (χ4n) is 2.84. The third-order valence-electron chi connectivity index (χ3n) is 4.49. The fraction of sp³-hybridized carbons (Fsp3) is 0.368. The Morgan fingerprint density at radius 3 is 2.62 bits per heavy atom. The number of urea groups is 1. The van der Waals surface area contributed by atoms with Crippen molar-refractivity contribution in [1.29, 1.82) is 0 Å². The number of likely N-dealkylation sites (N-methyl/N-ethyl adjacent to an activating group) is 1. The Morgan fingerprint density at radius 1 is 1.12 bits per heavy atom. The molecule has 1 aromatic carbocycles. The summed E-state index contributed by atoms with van der Waals surface area (Å²) in [6.45, 7) is 4.48. The summed E-state index contributed by atoms with van der Waals surface area (Å²) in [4.78, 5) is 20.9. The molecule has 0 radical (unpaired) electrons. The summed E-state index contributed by atoms with van der Waals surface area (Å²) in [5, 5.41) is 5.47. The van der Waals surface area contributed by atoms with Gasteiger partial charge in [-0.1, -0.05) is 18.2 Å². The Morgan fingerprint density at radius 2 is 1.85 bits per heavy atom. The second-order valence-electron chi connectivity index (χ2n) is 6.44. The summed E-state index contributed by atoms with van der Waals surface area (Å²) in [6.07, 6.45) is 1.77. The number of nitrogens with one attached hydrogen (secondary N) is 2. The number of anilines is 1. The Hall–Kier alpha value is -2.67. The van der Waals surface area contributed by atoms with Crippen molar-refractivity contribution in [3.63, 3.8) is 0 Å². The van der Waals surface area contributed by atoms with E-state index >= 15 is 0 Å². The lowest BCUT2D eigenvalue weighted by Gasteiger charge is -2.33. The second kappa shape index (κ2) is 8.62. The largest absolute Gasteiger partial charge is 0.354 e. The molecule has 2 N–H and O–H groups in total. The number of carbonyl (C=O) groups excluding carboxylic acids is 1. The predicted octanol–water partition coefficient (Wildman–Crippen LogP) is 1.97. The Balaban J connectivity index is 1.49. The van der Waals surface area contributed by atoms with Crippen LogP contribution in [0.3, 0.4) is 0 Å². The number of carbonyl (C=O) groups is 1. The monoisotopic (exact) mass is 357 g/mol. The third kappa shape index (κ3) is 4.92. The molecule has 0 unspecified atom stereocenters. The highest BCUT2D eigenvalue weighted by Crippen LogP contribution is 2.14. The number of pyridine rings is 1. The number of piperazine rings is 1. The maximum absolute atomic E-state index is 13.5. The minimum absolute atomic E-state index is 0.154. The topological polar surface area (TPSA) is 60.5 Å². The molecule has 6 nitrogen and oxygen atoms in total. The summed E-state index contributed by atoms with van der Waals surface area (Å²) >= 11 is 0. The molecule has 0 spiro atoms. The van der Waals surface area contributed by atoms with E-state index in [0.717, 1.165) is 37.6 Å². The zero-order valence-corrected chi connectivity index (χ0v) is 14.9. The van der Waals surface area contributed by atoms with Crippen LogP contribution < -0.4 is 15.5 Å². The predicted molar refractivity (Wildman–Crippen MR) is 99.4 cm³/mol. The molecule has 1 aliphatic rings. The zero-order valence-electron chi connectivity index (χ0n) is 14.9. The van der Waals surface area contributed by atoms with Crippen molar-refractivity contribution in [3.05, 3.63) is 59.5 Å². The van der Waals surface area contributed by atoms with Gasteiger partial charge in [0.05, 0.1) is 0 Å². The van der Waals surface area contributed by atoms with Gasteiger partial charge in [0.1, 0.15) is 11.6 Å². The molecule has 138 valence electrons. The highest BCUT2D eigenvalue weighted by Gasteiger charge is 2.15. The molecule has 2 heterocycles. The van der Waals surface area contributed by atoms with Gasteiger partial charge in [0.15, 0.2) is 0 Å². The Kier molecular flexibility index (Phi) is 6.01. The van der Waals surface area contributed by atoms with Crippen molar-refractivity contribution < 1.29 is 9.18 Å². The van der Waals surface area contributed by atoms with E-state index in [2.05, 4.69) is 32.5 Å². The minimum Gasteiger partial charge on any atom is -0.354 e. The standard InChI is InChI=1S/C19H24FN5O/c1-24-8-10-25(11-9-24)18-12-15(6-7-21-18)13-22-19(26)23-14-16-4-2-3-5-17(16)20/h2-7,12H,8-11,13-14H2,1H3,(H2,22,23,26). The van der Waals surface area contributed by atoms with Crippen molar-refractivity contribution in [3.8, 4) is 0 Å². The maximum Gasteiger partial charge on any atom is 0.315 e. The van der Waals surface area contributed by atoms with Crippen LogP contribution in [0.1, 0.15) is 11.1 Å². The van der Waals surface area contributed by atoms with Crippen LogP contribution in [0.15, 0.2) is 42.6 Å². The smallest absolute Gasteiger partial charge is 0.315 e. The number of aromatic nitrogens is 1. The molecule has 1 saturated heterocycles. The molecule has 0 aliphatic carbocycles. The molecule has 3 rings (SSSR count). The number of hydrogen-bond acceptors (Lipinski definition) is 4. The molecule has 2 aromatic rings. The van der Waals surface area contributed by atoms with Crippen LogP contribution in [-0.2, 0) is 13.1 Å². The van der Waals surface area contributed by atoms with Crippen molar-refractivity contribution in [2.24, 2.45) is 0 Å². The van der Waals surface area contributed by atoms with Crippen LogP contribution in [0.25, 0.3) is 0 Å². The van der Waals surface area contributed by atoms with Crippen LogP contribution in [0, 0.1) is 5.82 Å². The molecule has 7 heteroatoms. The molecular weight excluding hydrogens is 333 g/mol. The molecule has 2 amide bonds. The van der Waals surface area contributed by atoms with Gasteiger partial charge in [0, 0.05) is 51.0 Å². The number of hydrogen-bond donors (Lipinski definition) is 2. The van der Waals surface area contributed by atoms with Crippen molar-refractivity contribution in [2.75, 3.05) is 38.1 Å². The number of halogens is 1. The number of amides is 2. The number of nitrogens with zero attached hydrogens (tertiary/aromatic N) is 3. The average molecular weight is 357 g/mol. The quantitative estimate of drug-likeness (QED) is 0.859. The summed E-state index contributed by atoms with van der Waals surface area (Å²) in [7, 11) is 2.12. The minimum atomic E-state index is -0.328. The van der Waals surface area contributed by atoms with Crippen LogP contribution in [0.4, 0.5) is 15.0 Å². The van der Waals surface area contributed by atoms with Gasteiger partial charge >= 0.3 is 6.03 Å². The van der Waals surface area contributed by atoms with Gasteiger partial charge in [0.25, 0.3) is 0 Å². The highest BCUT2D eigenvalue weighted by atomic mass is 19.1. The maximum atomic E-state index is 13.5. The van der Waals surface area contributed by atoms with Crippen LogP contribution in [0.2, 0.25) is 0 Å². The van der Waals surface area contributed by atoms with Crippen LogP contribution in [-0.4, -0.2) is 49.1 Å². The lowest BCUT2D eigenvalue weighted by Crippen LogP contribution is -2.44. The van der Waals surface area contributed by atoms with Gasteiger partial charge in [-0.3, -0.25) is 0 Å². The van der Waals surface area contributed by atoms with E-state index in [1.165, 1.54) is 6.07 Å². The Bertz CT molecular complexity index is 746. The molecular formula is C19H24FN5O. The van der Waals surface area contributed by atoms with Gasteiger partial charge in [-0.2, -0.15) is 0 Å². The Labute approximate surface area is 153 Å².